The average Bonchev–Trinajstić information content (AvgIpc) is 2.58. The zero-order chi connectivity index (χ0) is 9.42. The van der Waals surface area contributed by atoms with Crippen LogP contribution < -0.4 is 0 Å². The van der Waals surface area contributed by atoms with Gasteiger partial charge in [-0.15, -0.1) is 0 Å². The van der Waals surface area contributed by atoms with E-state index in [1.807, 2.05) is 18.7 Å². The zero-order valence-electron chi connectivity index (χ0n) is 8.20. The van der Waals surface area contributed by atoms with Crippen LogP contribution >= 0.6 is 0 Å². The van der Waals surface area contributed by atoms with Crippen molar-refractivity contribution in [2.45, 2.75) is 38.2 Å². The van der Waals surface area contributed by atoms with Crippen LogP contribution in [0.5, 0.6) is 0 Å². The molecule has 1 fully saturated rings. The molecule has 1 N–H and O–H groups in total. The highest BCUT2D eigenvalue weighted by Gasteiger charge is 2.28. The molecule has 0 unspecified atom stereocenters. The molecule has 3 nitrogen and oxygen atoms in total. The summed E-state index contributed by atoms with van der Waals surface area (Å²) in [5.74, 6) is 0.311. The van der Waals surface area contributed by atoms with Crippen LogP contribution in [0.3, 0.4) is 0 Å². The van der Waals surface area contributed by atoms with Crippen molar-refractivity contribution in [3.8, 4) is 0 Å². The molecule has 72 valence electrons. The highest BCUT2D eigenvalue weighted by Crippen LogP contribution is 2.34. The van der Waals surface area contributed by atoms with E-state index < -0.39 is 0 Å². The molecule has 1 aromatic heterocycles. The molecule has 0 bridgehead atoms. The van der Waals surface area contributed by atoms with Gasteiger partial charge in [0.15, 0.2) is 0 Å². The maximum absolute atomic E-state index is 9.73. The normalized spacial score (nSPS) is 28.2. The second kappa shape index (κ2) is 3.14. The van der Waals surface area contributed by atoms with Crippen molar-refractivity contribution in [3.05, 3.63) is 17.5 Å². The van der Waals surface area contributed by atoms with Gasteiger partial charge in [0.05, 0.1) is 11.8 Å². The fourth-order valence-electron chi connectivity index (χ4n) is 2.26. The third-order valence-corrected chi connectivity index (χ3v) is 2.90. The number of aromatic nitrogens is 2. The SMILES string of the molecule is Cc1cc([C@@H]2CCC[C@H]2O)n(C)n1. The molecule has 13 heavy (non-hydrogen) atoms. The summed E-state index contributed by atoms with van der Waals surface area (Å²) < 4.78 is 1.90. The van der Waals surface area contributed by atoms with Crippen LogP contribution in [0.1, 0.15) is 36.6 Å². The molecule has 1 aromatic rings. The summed E-state index contributed by atoms with van der Waals surface area (Å²) >= 11 is 0. The number of rotatable bonds is 1. The number of aryl methyl sites for hydroxylation is 2. The second-order valence-electron chi connectivity index (χ2n) is 3.94. The van der Waals surface area contributed by atoms with Crippen molar-refractivity contribution in [1.82, 2.24) is 9.78 Å². The lowest BCUT2D eigenvalue weighted by atomic mass is 10.0. The molecular formula is C10H16N2O. The molecule has 1 aliphatic rings. The van der Waals surface area contributed by atoms with E-state index in [1.165, 1.54) is 5.69 Å². The minimum Gasteiger partial charge on any atom is -0.392 e. The molecular weight excluding hydrogens is 164 g/mol. The Hall–Kier alpha value is -0.830. The molecule has 0 spiro atoms. The number of hydrogen-bond acceptors (Lipinski definition) is 2. The Morgan fingerprint density at radius 3 is 2.77 bits per heavy atom. The van der Waals surface area contributed by atoms with Crippen LogP contribution in [-0.4, -0.2) is 21.0 Å². The van der Waals surface area contributed by atoms with Gasteiger partial charge in [-0.3, -0.25) is 4.68 Å². The van der Waals surface area contributed by atoms with E-state index in [1.54, 1.807) is 0 Å². The second-order valence-corrected chi connectivity index (χ2v) is 3.94. The summed E-state index contributed by atoms with van der Waals surface area (Å²) in [6.07, 6.45) is 3.01. The van der Waals surface area contributed by atoms with Gasteiger partial charge < -0.3 is 5.11 Å². The van der Waals surface area contributed by atoms with Gasteiger partial charge in [0.1, 0.15) is 0 Å². The van der Waals surface area contributed by atoms with Gasteiger partial charge in [0, 0.05) is 18.7 Å². The summed E-state index contributed by atoms with van der Waals surface area (Å²) in [4.78, 5) is 0. The van der Waals surface area contributed by atoms with Gasteiger partial charge in [-0.25, -0.2) is 0 Å². The third kappa shape index (κ3) is 1.48. The van der Waals surface area contributed by atoms with Crippen LogP contribution in [0.25, 0.3) is 0 Å². The van der Waals surface area contributed by atoms with E-state index in [-0.39, 0.29) is 6.10 Å². The van der Waals surface area contributed by atoms with E-state index in [0.29, 0.717) is 5.92 Å². The predicted molar refractivity (Wildman–Crippen MR) is 50.5 cm³/mol. The smallest absolute Gasteiger partial charge is 0.0623 e. The Kier molecular flexibility index (Phi) is 2.12. The van der Waals surface area contributed by atoms with Gasteiger partial charge in [0.25, 0.3) is 0 Å². The Balaban J connectivity index is 2.28. The largest absolute Gasteiger partial charge is 0.392 e. The Labute approximate surface area is 78.4 Å². The first-order valence-corrected chi connectivity index (χ1v) is 4.87. The first-order chi connectivity index (χ1) is 6.18. The fraction of sp³-hybridized carbons (Fsp3) is 0.700. The Morgan fingerprint density at radius 1 is 1.54 bits per heavy atom. The van der Waals surface area contributed by atoms with Crippen LogP contribution in [0, 0.1) is 6.92 Å². The van der Waals surface area contributed by atoms with Crippen molar-refractivity contribution in [1.29, 1.82) is 0 Å². The van der Waals surface area contributed by atoms with E-state index >= 15 is 0 Å². The fourth-order valence-corrected chi connectivity index (χ4v) is 2.26. The van der Waals surface area contributed by atoms with E-state index in [0.717, 1.165) is 25.0 Å². The molecule has 0 saturated heterocycles. The average molecular weight is 180 g/mol. The zero-order valence-corrected chi connectivity index (χ0v) is 8.20. The van der Waals surface area contributed by atoms with Crippen molar-refractivity contribution in [2.75, 3.05) is 0 Å². The topological polar surface area (TPSA) is 38.0 Å². The van der Waals surface area contributed by atoms with Gasteiger partial charge >= 0.3 is 0 Å². The van der Waals surface area contributed by atoms with Gasteiger partial charge in [-0.2, -0.15) is 5.10 Å². The quantitative estimate of drug-likeness (QED) is 0.708. The van der Waals surface area contributed by atoms with Gasteiger partial charge in [-0.1, -0.05) is 6.42 Å². The molecule has 0 aliphatic heterocycles. The lowest BCUT2D eigenvalue weighted by molar-refractivity contribution is 0.160. The van der Waals surface area contributed by atoms with Crippen molar-refractivity contribution in [3.63, 3.8) is 0 Å². The molecule has 1 saturated carbocycles. The molecule has 2 rings (SSSR count). The van der Waals surface area contributed by atoms with E-state index in [9.17, 15) is 5.11 Å². The van der Waals surface area contributed by atoms with E-state index in [2.05, 4.69) is 11.2 Å². The molecule has 3 heteroatoms. The molecule has 0 amide bonds. The summed E-state index contributed by atoms with van der Waals surface area (Å²) in [5, 5.41) is 14.0. The van der Waals surface area contributed by atoms with Crippen LogP contribution in [-0.2, 0) is 7.05 Å². The lowest BCUT2D eigenvalue weighted by Gasteiger charge is -2.13. The van der Waals surface area contributed by atoms with Gasteiger partial charge in [0.2, 0.25) is 0 Å². The number of aliphatic hydroxyl groups is 1. The van der Waals surface area contributed by atoms with Crippen molar-refractivity contribution < 1.29 is 5.11 Å². The van der Waals surface area contributed by atoms with Crippen molar-refractivity contribution in [2.24, 2.45) is 7.05 Å². The summed E-state index contributed by atoms with van der Waals surface area (Å²) in [5.41, 5.74) is 2.22. The third-order valence-electron chi connectivity index (χ3n) is 2.90. The monoisotopic (exact) mass is 180 g/mol. The molecule has 0 radical (unpaired) electrons. The highest BCUT2D eigenvalue weighted by molar-refractivity contribution is 5.16. The first kappa shape index (κ1) is 8.75. The Bertz CT molecular complexity index is 306. The van der Waals surface area contributed by atoms with Crippen LogP contribution in [0.2, 0.25) is 0 Å². The first-order valence-electron chi connectivity index (χ1n) is 4.87. The predicted octanol–water partition coefficient (Wildman–Crippen LogP) is 1.36. The van der Waals surface area contributed by atoms with Crippen molar-refractivity contribution >= 4 is 0 Å². The van der Waals surface area contributed by atoms with Crippen LogP contribution in [0.15, 0.2) is 6.07 Å². The lowest BCUT2D eigenvalue weighted by Crippen LogP contribution is -2.14. The van der Waals surface area contributed by atoms with E-state index in [4.69, 9.17) is 0 Å². The molecule has 1 heterocycles. The number of hydrogen-bond donors (Lipinski definition) is 1. The summed E-state index contributed by atoms with van der Waals surface area (Å²) in [6.45, 7) is 1.99. The number of nitrogens with zero attached hydrogens (tertiary/aromatic N) is 2. The molecule has 0 aromatic carbocycles. The molecule has 1 aliphatic carbocycles. The Morgan fingerprint density at radius 2 is 2.31 bits per heavy atom. The maximum Gasteiger partial charge on any atom is 0.0623 e. The summed E-state index contributed by atoms with van der Waals surface area (Å²) in [6, 6.07) is 2.08. The highest BCUT2D eigenvalue weighted by atomic mass is 16.3. The number of aliphatic hydroxyl groups excluding tert-OH is 1. The van der Waals surface area contributed by atoms with Crippen LogP contribution in [0.4, 0.5) is 0 Å². The minimum absolute atomic E-state index is 0.158. The molecule has 2 atom stereocenters. The minimum atomic E-state index is -0.158. The summed E-state index contributed by atoms with van der Waals surface area (Å²) in [7, 11) is 1.95. The standard InChI is InChI=1S/C10H16N2O/c1-7-6-9(12(2)11-7)8-4-3-5-10(8)13/h6,8,10,13H,3-5H2,1-2H3/t8-,10+/m0/s1. The van der Waals surface area contributed by atoms with Gasteiger partial charge in [-0.05, 0) is 25.8 Å². The maximum atomic E-state index is 9.73.